The molecule has 5 heteroatoms. The first-order valence-corrected chi connectivity index (χ1v) is 11.4. The summed E-state index contributed by atoms with van der Waals surface area (Å²) in [5, 5.41) is 0. The van der Waals surface area contributed by atoms with E-state index in [9.17, 15) is 13.2 Å². The average molecular weight is 437 g/mol. The third-order valence-corrected chi connectivity index (χ3v) is 6.85. The summed E-state index contributed by atoms with van der Waals surface area (Å²) in [6, 6.07) is 18.7. The van der Waals surface area contributed by atoms with Crippen LogP contribution in [0.3, 0.4) is 0 Å². The van der Waals surface area contributed by atoms with Crippen molar-refractivity contribution in [3.8, 4) is 0 Å². The van der Waals surface area contributed by atoms with Crippen LogP contribution in [0.25, 0.3) is 0 Å². The van der Waals surface area contributed by atoms with Gasteiger partial charge in [-0.05, 0) is 98.0 Å². The minimum absolute atomic E-state index is 0.195. The lowest BCUT2D eigenvalue weighted by Crippen LogP contribution is -2.45. The van der Waals surface area contributed by atoms with Crippen molar-refractivity contribution in [1.29, 1.82) is 0 Å². The molecule has 3 aromatic carbocycles. The number of halogens is 3. The highest BCUT2D eigenvalue weighted by atomic mass is 19.1. The molecule has 0 amide bonds. The fraction of sp³-hybridized carbons (Fsp3) is 0.333. The molecule has 0 aliphatic carbocycles. The van der Waals surface area contributed by atoms with Gasteiger partial charge in [-0.1, -0.05) is 12.1 Å². The molecule has 166 valence electrons. The summed E-state index contributed by atoms with van der Waals surface area (Å²) in [6.07, 6.45) is 4.07. The van der Waals surface area contributed by atoms with Crippen molar-refractivity contribution in [3.63, 3.8) is 0 Å². The summed E-state index contributed by atoms with van der Waals surface area (Å²) in [6.45, 7) is 2.90. The fourth-order valence-corrected chi connectivity index (χ4v) is 5.29. The van der Waals surface area contributed by atoms with Gasteiger partial charge in [-0.2, -0.15) is 0 Å². The monoisotopic (exact) mass is 436 g/mol. The predicted octanol–water partition coefficient (Wildman–Crippen LogP) is 6.44. The smallest absolute Gasteiger partial charge is 0.123 e. The highest BCUT2D eigenvalue weighted by molar-refractivity contribution is 5.73. The number of likely N-dealkylation sites (tertiary alicyclic amines) is 1. The van der Waals surface area contributed by atoms with Crippen molar-refractivity contribution in [3.05, 3.63) is 95.3 Å². The van der Waals surface area contributed by atoms with E-state index in [1.54, 1.807) is 6.07 Å². The van der Waals surface area contributed by atoms with Gasteiger partial charge in [0.15, 0.2) is 0 Å². The summed E-state index contributed by atoms with van der Waals surface area (Å²) in [4.78, 5) is 4.75. The molecule has 2 nitrogen and oxygen atoms in total. The molecule has 2 aliphatic heterocycles. The molecule has 0 saturated carbocycles. The maximum absolute atomic E-state index is 14.1. The van der Waals surface area contributed by atoms with Crippen LogP contribution in [0.2, 0.25) is 0 Å². The van der Waals surface area contributed by atoms with E-state index >= 15 is 0 Å². The number of fused-ring (bicyclic) bond motifs is 3. The number of nitrogens with zero attached hydrogens (tertiary/aromatic N) is 2. The zero-order valence-corrected chi connectivity index (χ0v) is 18.0. The van der Waals surface area contributed by atoms with E-state index in [4.69, 9.17) is 0 Å². The Labute approximate surface area is 187 Å². The Morgan fingerprint density at radius 2 is 1.47 bits per heavy atom. The molecule has 0 bridgehead atoms. The molecule has 2 atom stereocenters. The van der Waals surface area contributed by atoms with Gasteiger partial charge in [0.1, 0.15) is 17.5 Å². The van der Waals surface area contributed by atoms with Crippen LogP contribution in [-0.4, -0.2) is 30.6 Å². The van der Waals surface area contributed by atoms with Crippen LogP contribution < -0.4 is 4.90 Å². The summed E-state index contributed by atoms with van der Waals surface area (Å²) in [5.74, 6) is -0.421. The number of hydrogen-bond acceptors (Lipinski definition) is 2. The minimum atomic E-state index is -0.251. The van der Waals surface area contributed by atoms with Crippen molar-refractivity contribution >= 4 is 11.4 Å². The quantitative estimate of drug-likeness (QED) is 0.411. The van der Waals surface area contributed by atoms with Crippen molar-refractivity contribution in [1.82, 2.24) is 4.90 Å². The second kappa shape index (κ2) is 8.99. The number of aryl methyl sites for hydroxylation is 1. The summed E-state index contributed by atoms with van der Waals surface area (Å²) >= 11 is 0. The molecule has 32 heavy (non-hydrogen) atoms. The molecule has 5 rings (SSSR count). The van der Waals surface area contributed by atoms with Crippen LogP contribution in [0.1, 0.15) is 36.3 Å². The summed E-state index contributed by atoms with van der Waals surface area (Å²) in [7, 11) is 0. The van der Waals surface area contributed by atoms with Crippen molar-refractivity contribution in [2.75, 3.05) is 24.5 Å². The first kappa shape index (κ1) is 21.1. The van der Waals surface area contributed by atoms with Gasteiger partial charge in [0.25, 0.3) is 0 Å². The standard InChI is InChI=1S/C27H27F3N2/c28-20-6-4-19(5-7-20)3-1-2-15-31-16-14-27-25(18-31)24-17-22(30)10-13-26(24)32(27)23-11-8-21(29)9-12-23/h4-13,17,25,27H,1-3,14-16,18H2/t25-,27+/m0/s1. The lowest BCUT2D eigenvalue weighted by atomic mass is 9.88. The third-order valence-electron chi connectivity index (χ3n) is 6.85. The van der Waals surface area contributed by atoms with E-state index in [-0.39, 0.29) is 29.4 Å². The van der Waals surface area contributed by atoms with Crippen LogP contribution in [-0.2, 0) is 6.42 Å². The molecule has 0 N–H and O–H groups in total. The second-order valence-corrected chi connectivity index (χ2v) is 8.90. The van der Waals surface area contributed by atoms with Gasteiger partial charge in [0.2, 0.25) is 0 Å². The Balaban J connectivity index is 1.26. The van der Waals surface area contributed by atoms with Crippen molar-refractivity contribution in [2.45, 2.75) is 37.6 Å². The Morgan fingerprint density at radius 1 is 0.781 bits per heavy atom. The maximum atomic E-state index is 14.1. The van der Waals surface area contributed by atoms with Crippen molar-refractivity contribution < 1.29 is 13.2 Å². The molecular weight excluding hydrogens is 409 g/mol. The SMILES string of the molecule is Fc1ccc(CCCCN2CC[C@@H]3[C@@H](C2)c2cc(F)ccc2N3c2ccc(F)cc2)cc1. The van der Waals surface area contributed by atoms with Gasteiger partial charge in [-0.15, -0.1) is 0 Å². The molecule has 0 aromatic heterocycles. The molecular formula is C27H27F3N2. The second-order valence-electron chi connectivity index (χ2n) is 8.90. The van der Waals surface area contributed by atoms with Crippen molar-refractivity contribution in [2.24, 2.45) is 0 Å². The van der Waals surface area contributed by atoms with Gasteiger partial charge >= 0.3 is 0 Å². The zero-order valence-electron chi connectivity index (χ0n) is 18.0. The van der Waals surface area contributed by atoms with E-state index in [1.807, 2.05) is 30.3 Å². The average Bonchev–Trinajstić information content (AvgIpc) is 3.11. The van der Waals surface area contributed by atoms with Crippen LogP contribution in [0.4, 0.5) is 24.5 Å². The molecule has 3 aromatic rings. The molecule has 0 spiro atoms. The topological polar surface area (TPSA) is 6.48 Å². The number of anilines is 2. The number of benzene rings is 3. The Bertz CT molecular complexity index is 1070. The first-order chi connectivity index (χ1) is 15.6. The van der Waals surface area contributed by atoms with Gasteiger partial charge in [-0.25, -0.2) is 13.2 Å². The van der Waals surface area contributed by atoms with Crippen LogP contribution in [0, 0.1) is 17.5 Å². The van der Waals surface area contributed by atoms with Gasteiger partial charge in [0.05, 0.1) is 0 Å². The lowest BCUT2D eigenvalue weighted by molar-refractivity contribution is 0.193. The number of rotatable bonds is 6. The number of piperidine rings is 1. The maximum Gasteiger partial charge on any atom is 0.123 e. The molecule has 1 fully saturated rings. The molecule has 1 saturated heterocycles. The Hall–Kier alpha value is -2.79. The molecule has 0 unspecified atom stereocenters. The number of unbranched alkanes of at least 4 members (excludes halogenated alkanes) is 1. The van der Waals surface area contributed by atoms with Gasteiger partial charge in [0, 0.05) is 36.4 Å². The highest BCUT2D eigenvalue weighted by Crippen LogP contribution is 2.48. The molecule has 0 radical (unpaired) electrons. The number of hydrogen-bond donors (Lipinski definition) is 0. The lowest BCUT2D eigenvalue weighted by Gasteiger charge is -2.39. The van der Waals surface area contributed by atoms with E-state index in [2.05, 4.69) is 9.80 Å². The van der Waals surface area contributed by atoms with Crippen LogP contribution in [0.5, 0.6) is 0 Å². The summed E-state index contributed by atoms with van der Waals surface area (Å²) in [5.41, 5.74) is 4.21. The van der Waals surface area contributed by atoms with Gasteiger partial charge < -0.3 is 9.80 Å². The van der Waals surface area contributed by atoms with E-state index in [1.165, 1.54) is 35.9 Å². The highest BCUT2D eigenvalue weighted by Gasteiger charge is 2.42. The van der Waals surface area contributed by atoms with Crippen LogP contribution in [0.15, 0.2) is 66.7 Å². The van der Waals surface area contributed by atoms with Gasteiger partial charge in [-0.3, -0.25) is 0 Å². The fourth-order valence-electron chi connectivity index (χ4n) is 5.29. The van der Waals surface area contributed by atoms with E-state index in [0.717, 1.165) is 62.3 Å². The van der Waals surface area contributed by atoms with Crippen LogP contribution >= 0.6 is 0 Å². The summed E-state index contributed by atoms with van der Waals surface area (Å²) < 4.78 is 40.7. The minimum Gasteiger partial charge on any atom is -0.337 e. The Morgan fingerprint density at radius 3 is 2.22 bits per heavy atom. The molecule has 2 heterocycles. The molecule has 2 aliphatic rings. The third kappa shape index (κ3) is 4.26. The van der Waals surface area contributed by atoms with E-state index in [0.29, 0.717) is 0 Å². The predicted molar refractivity (Wildman–Crippen MR) is 122 cm³/mol. The van der Waals surface area contributed by atoms with E-state index < -0.39 is 0 Å². The normalized spacial score (nSPS) is 20.3. The zero-order chi connectivity index (χ0) is 22.1. The first-order valence-electron chi connectivity index (χ1n) is 11.4. The largest absolute Gasteiger partial charge is 0.337 e. The Kier molecular flexibility index (Phi) is 5.92.